The third-order valence-corrected chi connectivity index (χ3v) is 6.92. The van der Waals surface area contributed by atoms with E-state index in [2.05, 4.69) is 23.4 Å². The van der Waals surface area contributed by atoms with Gasteiger partial charge >= 0.3 is 0 Å². The maximum atomic E-state index is 14.1. The van der Waals surface area contributed by atoms with Gasteiger partial charge in [-0.2, -0.15) is 11.8 Å². The zero-order chi connectivity index (χ0) is 20.0. The minimum Gasteiger partial charge on any atom is -0.381 e. The summed E-state index contributed by atoms with van der Waals surface area (Å²) in [6.07, 6.45) is 4.19. The van der Waals surface area contributed by atoms with Gasteiger partial charge in [-0.05, 0) is 38.2 Å². The first-order valence-electron chi connectivity index (χ1n) is 9.93. The number of piperazine rings is 1. The molecule has 5 nitrogen and oxygen atoms in total. The molecule has 0 amide bonds. The number of aliphatic imine (C=N–C) groups is 1. The van der Waals surface area contributed by atoms with E-state index < -0.39 is 5.82 Å². The van der Waals surface area contributed by atoms with Crippen molar-refractivity contribution in [3.8, 4) is 0 Å². The molecule has 0 radical (unpaired) electrons. The highest BCUT2D eigenvalue weighted by Gasteiger charge is 2.32. The molecule has 0 aromatic heterocycles. The summed E-state index contributed by atoms with van der Waals surface area (Å²) in [5, 5.41) is 3.39. The molecular formula is C20H30F2N4OS. The highest BCUT2D eigenvalue weighted by molar-refractivity contribution is 8.00. The zero-order valence-electron chi connectivity index (χ0n) is 16.7. The van der Waals surface area contributed by atoms with E-state index in [1.54, 1.807) is 0 Å². The van der Waals surface area contributed by atoms with Crippen molar-refractivity contribution in [3.05, 3.63) is 29.8 Å². The van der Waals surface area contributed by atoms with Gasteiger partial charge in [0.25, 0.3) is 0 Å². The molecule has 0 bridgehead atoms. The van der Waals surface area contributed by atoms with Crippen LogP contribution in [0.25, 0.3) is 0 Å². The molecule has 156 valence electrons. The third-order valence-electron chi connectivity index (χ3n) is 5.52. The van der Waals surface area contributed by atoms with Crippen LogP contribution in [0.3, 0.4) is 0 Å². The number of halogens is 2. The number of benzene rings is 1. The lowest BCUT2D eigenvalue weighted by Gasteiger charge is -2.39. The van der Waals surface area contributed by atoms with Crippen LogP contribution in [0.2, 0.25) is 0 Å². The second-order valence-corrected chi connectivity index (χ2v) is 8.51. The molecule has 0 saturated carbocycles. The second kappa shape index (κ2) is 9.78. The van der Waals surface area contributed by atoms with Crippen molar-refractivity contribution >= 4 is 23.4 Å². The molecule has 1 N–H and O–H groups in total. The molecule has 2 saturated heterocycles. The Morgan fingerprint density at radius 3 is 2.57 bits per heavy atom. The zero-order valence-corrected chi connectivity index (χ0v) is 17.5. The van der Waals surface area contributed by atoms with Crippen molar-refractivity contribution < 1.29 is 13.5 Å². The van der Waals surface area contributed by atoms with Gasteiger partial charge in [0.15, 0.2) is 5.96 Å². The van der Waals surface area contributed by atoms with Crippen LogP contribution in [-0.2, 0) is 4.74 Å². The van der Waals surface area contributed by atoms with Gasteiger partial charge in [-0.1, -0.05) is 0 Å². The number of hydrogen-bond acceptors (Lipinski definition) is 4. The Morgan fingerprint density at radius 2 is 1.93 bits per heavy atom. The SMILES string of the molecule is CCNC(=NCC1(SC)CCOCC1)N1CCN(c2cc(F)ccc2F)CC1. The first-order valence-corrected chi connectivity index (χ1v) is 11.2. The molecule has 1 aromatic carbocycles. The first-order chi connectivity index (χ1) is 13.6. The number of nitrogens with zero attached hydrogens (tertiary/aromatic N) is 3. The lowest BCUT2D eigenvalue weighted by Crippen LogP contribution is -2.53. The summed E-state index contributed by atoms with van der Waals surface area (Å²) in [4.78, 5) is 9.05. The second-order valence-electron chi connectivity index (χ2n) is 7.24. The summed E-state index contributed by atoms with van der Waals surface area (Å²) in [5.41, 5.74) is 0.338. The standard InChI is InChI=1S/C20H30F2N4OS/c1-3-23-19(24-15-20(28-2)6-12-27-13-7-20)26-10-8-25(9-11-26)18-14-16(21)4-5-17(18)22/h4-5,14H,3,6-13,15H2,1-2H3,(H,23,24). The maximum Gasteiger partial charge on any atom is 0.194 e. The quantitative estimate of drug-likeness (QED) is 0.595. The summed E-state index contributed by atoms with van der Waals surface area (Å²) in [7, 11) is 0. The monoisotopic (exact) mass is 412 g/mol. The van der Waals surface area contributed by atoms with Gasteiger partial charge < -0.3 is 19.9 Å². The van der Waals surface area contributed by atoms with Crippen LogP contribution in [0, 0.1) is 11.6 Å². The average Bonchev–Trinajstić information content (AvgIpc) is 2.74. The van der Waals surface area contributed by atoms with E-state index in [-0.39, 0.29) is 10.6 Å². The van der Waals surface area contributed by atoms with Gasteiger partial charge in [-0.25, -0.2) is 8.78 Å². The molecule has 0 aliphatic carbocycles. The third kappa shape index (κ3) is 5.08. The summed E-state index contributed by atoms with van der Waals surface area (Å²) in [5.74, 6) is 0.117. The highest BCUT2D eigenvalue weighted by Crippen LogP contribution is 2.34. The van der Waals surface area contributed by atoms with E-state index in [1.807, 2.05) is 16.7 Å². The summed E-state index contributed by atoms with van der Waals surface area (Å²) in [6.45, 7) is 7.92. The lowest BCUT2D eigenvalue weighted by molar-refractivity contribution is 0.0793. The molecule has 2 aliphatic rings. The number of anilines is 1. The molecule has 3 rings (SSSR count). The number of guanidine groups is 1. The smallest absolute Gasteiger partial charge is 0.194 e. The van der Waals surface area contributed by atoms with Gasteiger partial charge in [0.2, 0.25) is 0 Å². The van der Waals surface area contributed by atoms with E-state index in [0.717, 1.165) is 64.3 Å². The van der Waals surface area contributed by atoms with Crippen LogP contribution in [-0.4, -0.2) is 74.3 Å². The Bertz CT molecular complexity index is 674. The number of rotatable bonds is 5. The van der Waals surface area contributed by atoms with Gasteiger partial charge in [0.05, 0.1) is 12.2 Å². The molecule has 1 aromatic rings. The first kappa shape index (κ1) is 21.2. The Balaban J connectivity index is 1.64. The average molecular weight is 413 g/mol. The normalized spacial score (nSPS) is 20.4. The lowest BCUT2D eigenvalue weighted by atomic mass is 9.99. The van der Waals surface area contributed by atoms with Crippen LogP contribution < -0.4 is 10.2 Å². The molecule has 0 spiro atoms. The van der Waals surface area contributed by atoms with Gasteiger partial charge in [0.1, 0.15) is 11.6 Å². The van der Waals surface area contributed by atoms with Crippen LogP contribution in [0.4, 0.5) is 14.5 Å². The Labute approximate surface area is 170 Å². The van der Waals surface area contributed by atoms with E-state index in [0.29, 0.717) is 18.8 Å². The Morgan fingerprint density at radius 1 is 1.21 bits per heavy atom. The molecule has 28 heavy (non-hydrogen) atoms. The molecule has 2 aliphatic heterocycles. The van der Waals surface area contributed by atoms with Crippen LogP contribution in [0.5, 0.6) is 0 Å². The van der Waals surface area contributed by atoms with Crippen molar-refractivity contribution in [2.75, 3.05) is 63.6 Å². The fourth-order valence-corrected chi connectivity index (χ4v) is 4.47. The van der Waals surface area contributed by atoms with Crippen molar-refractivity contribution in [3.63, 3.8) is 0 Å². The van der Waals surface area contributed by atoms with Crippen molar-refractivity contribution in [2.24, 2.45) is 4.99 Å². The van der Waals surface area contributed by atoms with Crippen molar-refractivity contribution in [1.82, 2.24) is 10.2 Å². The van der Waals surface area contributed by atoms with Crippen LogP contribution in [0.1, 0.15) is 19.8 Å². The Hall–Kier alpha value is -1.54. The Kier molecular flexibility index (Phi) is 7.40. The van der Waals surface area contributed by atoms with Crippen molar-refractivity contribution in [1.29, 1.82) is 0 Å². The molecule has 8 heteroatoms. The fourth-order valence-electron chi connectivity index (χ4n) is 3.70. The highest BCUT2D eigenvalue weighted by atomic mass is 32.2. The summed E-state index contributed by atoms with van der Waals surface area (Å²) >= 11 is 1.88. The molecule has 2 fully saturated rings. The topological polar surface area (TPSA) is 40.1 Å². The number of nitrogens with one attached hydrogen (secondary N) is 1. The summed E-state index contributed by atoms with van der Waals surface area (Å²) < 4.78 is 33.2. The predicted molar refractivity (Wildman–Crippen MR) is 112 cm³/mol. The molecule has 2 heterocycles. The number of ether oxygens (including phenoxy) is 1. The number of thioether (sulfide) groups is 1. The fraction of sp³-hybridized carbons (Fsp3) is 0.650. The van der Waals surface area contributed by atoms with Crippen LogP contribution >= 0.6 is 11.8 Å². The molecular weight excluding hydrogens is 382 g/mol. The minimum absolute atomic E-state index is 0.144. The van der Waals surface area contributed by atoms with E-state index in [4.69, 9.17) is 9.73 Å². The molecule has 0 unspecified atom stereocenters. The van der Waals surface area contributed by atoms with Gasteiger partial charge in [-0.3, -0.25) is 4.99 Å². The van der Waals surface area contributed by atoms with E-state index in [9.17, 15) is 8.78 Å². The minimum atomic E-state index is -0.410. The van der Waals surface area contributed by atoms with Gasteiger partial charge in [-0.15, -0.1) is 0 Å². The van der Waals surface area contributed by atoms with E-state index >= 15 is 0 Å². The number of hydrogen-bond donors (Lipinski definition) is 1. The predicted octanol–water partition coefficient (Wildman–Crippen LogP) is 2.96. The largest absolute Gasteiger partial charge is 0.381 e. The van der Waals surface area contributed by atoms with Crippen LogP contribution in [0.15, 0.2) is 23.2 Å². The van der Waals surface area contributed by atoms with Crippen molar-refractivity contribution in [2.45, 2.75) is 24.5 Å². The maximum absolute atomic E-state index is 14.1. The molecule has 0 atom stereocenters. The summed E-state index contributed by atoms with van der Waals surface area (Å²) in [6, 6.07) is 3.62. The van der Waals surface area contributed by atoms with E-state index in [1.165, 1.54) is 12.1 Å². The van der Waals surface area contributed by atoms with Gasteiger partial charge in [0, 0.05) is 56.8 Å².